The van der Waals surface area contributed by atoms with E-state index in [1.54, 1.807) is 29.1 Å². The topological polar surface area (TPSA) is 93.1 Å². The molecule has 2 aromatic carbocycles. The largest absolute Gasteiger partial charge is 0.331 e. The molecular formula is C23H20Cl3FN4O3S. The molecule has 35 heavy (non-hydrogen) atoms. The van der Waals surface area contributed by atoms with Gasteiger partial charge in [0.05, 0.1) is 29.9 Å². The molecule has 2 N–H and O–H groups in total. The summed E-state index contributed by atoms with van der Waals surface area (Å²) < 4.78 is 43.5. The molecule has 4 rings (SSSR count). The fourth-order valence-electron chi connectivity index (χ4n) is 3.82. The second-order valence-corrected chi connectivity index (χ2v) is 10.9. The molecule has 0 saturated heterocycles. The summed E-state index contributed by atoms with van der Waals surface area (Å²) in [5.74, 6) is -0.575. The number of sulfonamides is 1. The van der Waals surface area contributed by atoms with E-state index in [1.807, 2.05) is 4.72 Å². The average molecular weight is 558 g/mol. The van der Waals surface area contributed by atoms with Crippen molar-refractivity contribution in [2.45, 2.75) is 30.7 Å². The van der Waals surface area contributed by atoms with Gasteiger partial charge in [0.15, 0.2) is 0 Å². The molecule has 0 atom stereocenters. The fraction of sp³-hybridized carbons (Fsp3) is 0.217. The number of hydrogen-bond acceptors (Lipinski definition) is 4. The number of amides is 2. The van der Waals surface area contributed by atoms with Gasteiger partial charge in [-0.25, -0.2) is 22.3 Å². The number of urea groups is 1. The minimum atomic E-state index is -4.13. The third-order valence-corrected chi connectivity index (χ3v) is 7.68. The normalized spacial score (nSPS) is 14.9. The third kappa shape index (κ3) is 5.98. The molecule has 0 unspecified atom stereocenters. The summed E-state index contributed by atoms with van der Waals surface area (Å²) >= 11 is 18.0. The lowest BCUT2D eigenvalue weighted by molar-refractivity contribution is 0.246. The smallest absolute Gasteiger partial charge is 0.329 e. The van der Waals surface area contributed by atoms with Crippen molar-refractivity contribution in [1.29, 1.82) is 0 Å². The van der Waals surface area contributed by atoms with Crippen LogP contribution < -0.4 is 10.0 Å². The predicted molar refractivity (Wildman–Crippen MR) is 134 cm³/mol. The highest BCUT2D eigenvalue weighted by Crippen LogP contribution is 2.34. The van der Waals surface area contributed by atoms with Crippen LogP contribution in [0.2, 0.25) is 15.1 Å². The van der Waals surface area contributed by atoms with Crippen molar-refractivity contribution in [3.8, 4) is 0 Å². The van der Waals surface area contributed by atoms with Gasteiger partial charge >= 0.3 is 6.03 Å². The van der Waals surface area contributed by atoms with Crippen LogP contribution in [0.4, 0.5) is 9.18 Å². The van der Waals surface area contributed by atoms with E-state index in [9.17, 15) is 13.2 Å². The van der Waals surface area contributed by atoms with Crippen LogP contribution in [0.5, 0.6) is 0 Å². The van der Waals surface area contributed by atoms with Gasteiger partial charge in [0.25, 0.3) is 10.0 Å². The number of fused-ring (bicyclic) bond motifs is 1. The van der Waals surface area contributed by atoms with E-state index < -0.39 is 28.4 Å². The van der Waals surface area contributed by atoms with E-state index in [4.69, 9.17) is 34.8 Å². The van der Waals surface area contributed by atoms with Gasteiger partial charge in [0.1, 0.15) is 5.83 Å². The van der Waals surface area contributed by atoms with Gasteiger partial charge in [-0.05, 0) is 66.8 Å². The highest BCUT2D eigenvalue weighted by atomic mass is 35.5. The molecule has 0 bridgehead atoms. The Kier molecular flexibility index (Phi) is 7.70. The van der Waals surface area contributed by atoms with Crippen LogP contribution in [-0.2, 0) is 23.0 Å². The first-order chi connectivity index (χ1) is 16.6. The van der Waals surface area contributed by atoms with E-state index in [-0.39, 0.29) is 4.90 Å². The zero-order valence-corrected chi connectivity index (χ0v) is 21.3. The molecule has 0 aliphatic heterocycles. The molecule has 0 spiro atoms. The Labute approximate surface area is 216 Å². The zero-order valence-electron chi connectivity index (χ0n) is 18.2. The van der Waals surface area contributed by atoms with E-state index in [2.05, 4.69) is 10.4 Å². The minimum Gasteiger partial charge on any atom is -0.331 e. The Morgan fingerprint density at radius 2 is 1.77 bits per heavy atom. The van der Waals surface area contributed by atoms with Crippen LogP contribution in [0, 0.1) is 0 Å². The Hall–Kier alpha value is -2.59. The number of allylic oxidation sites excluding steroid dienone is 1. The van der Waals surface area contributed by atoms with Crippen LogP contribution >= 0.6 is 34.8 Å². The molecule has 0 radical (unpaired) electrons. The number of halogens is 4. The van der Waals surface area contributed by atoms with Crippen LogP contribution in [0.1, 0.15) is 29.7 Å². The van der Waals surface area contributed by atoms with Gasteiger partial charge in [-0.1, -0.05) is 40.9 Å². The number of carbonyl (C=O) groups excluding carboxylic acids is 1. The lowest BCUT2D eigenvalue weighted by Gasteiger charge is -2.19. The van der Waals surface area contributed by atoms with Crippen molar-refractivity contribution in [1.82, 2.24) is 19.8 Å². The van der Waals surface area contributed by atoms with E-state index >= 15 is 4.39 Å². The summed E-state index contributed by atoms with van der Waals surface area (Å²) in [6.07, 6.45) is 3.61. The fourth-order valence-corrected chi connectivity index (χ4v) is 5.34. The monoisotopic (exact) mass is 556 g/mol. The van der Waals surface area contributed by atoms with Gasteiger partial charge in [0.2, 0.25) is 0 Å². The zero-order chi connectivity index (χ0) is 25.2. The number of nitrogens with one attached hydrogen (secondary N) is 2. The number of carbonyl (C=O) groups is 1. The highest BCUT2D eigenvalue weighted by Gasteiger charge is 2.24. The lowest BCUT2D eigenvalue weighted by Crippen LogP contribution is -2.40. The summed E-state index contributed by atoms with van der Waals surface area (Å²) in [5.41, 5.74) is 2.71. The SMILES string of the molecule is O=C(NCC(F)=C1CCCc2cnn(Cc3ccc(Cl)cc3Cl)c21)NS(=O)(=O)c1ccc(Cl)cc1. The number of aromatic nitrogens is 2. The first-order valence-corrected chi connectivity index (χ1v) is 13.2. The lowest BCUT2D eigenvalue weighted by atomic mass is 9.92. The number of benzene rings is 2. The third-order valence-electron chi connectivity index (χ3n) is 5.49. The van der Waals surface area contributed by atoms with Crippen molar-refractivity contribution < 1.29 is 17.6 Å². The maximum atomic E-state index is 15.2. The summed E-state index contributed by atoms with van der Waals surface area (Å²) in [4.78, 5) is 12.1. The van der Waals surface area contributed by atoms with Crippen LogP contribution in [0.3, 0.4) is 0 Å². The van der Waals surface area contributed by atoms with Gasteiger partial charge in [-0.15, -0.1) is 0 Å². The summed E-state index contributed by atoms with van der Waals surface area (Å²) in [6.45, 7) is -0.168. The second-order valence-electron chi connectivity index (χ2n) is 7.89. The minimum absolute atomic E-state index is 0.141. The molecule has 1 aliphatic carbocycles. The van der Waals surface area contributed by atoms with Crippen molar-refractivity contribution in [2.75, 3.05) is 6.54 Å². The molecule has 0 fully saturated rings. The maximum absolute atomic E-state index is 15.2. The number of rotatable bonds is 6. The first kappa shape index (κ1) is 25.5. The molecule has 7 nitrogen and oxygen atoms in total. The van der Waals surface area contributed by atoms with E-state index in [1.165, 1.54) is 24.3 Å². The molecular weight excluding hydrogens is 538 g/mol. The molecule has 184 valence electrons. The standard InChI is InChI=1S/C23H20Cl3FN4O3S/c24-16-6-8-18(9-7-16)35(33,34)30-23(32)28-12-21(27)19-3-1-2-14-11-29-31(22(14)19)13-15-4-5-17(25)10-20(15)26/h4-11H,1-3,12-13H2,(H2,28,30,32). The van der Waals surface area contributed by atoms with Gasteiger partial charge in [0, 0.05) is 20.6 Å². The molecule has 0 saturated carbocycles. The van der Waals surface area contributed by atoms with Crippen LogP contribution in [0.15, 0.2) is 59.4 Å². The maximum Gasteiger partial charge on any atom is 0.329 e. The molecule has 12 heteroatoms. The molecule has 1 heterocycles. The summed E-state index contributed by atoms with van der Waals surface area (Å²) in [7, 11) is -4.13. The van der Waals surface area contributed by atoms with E-state index in [0.29, 0.717) is 39.3 Å². The molecule has 1 aromatic heterocycles. The van der Waals surface area contributed by atoms with Crippen LogP contribution in [0.25, 0.3) is 5.57 Å². The number of aryl methyl sites for hydroxylation is 1. The summed E-state index contributed by atoms with van der Waals surface area (Å²) in [5, 5.41) is 8.02. The second kappa shape index (κ2) is 10.6. The Balaban J connectivity index is 1.49. The van der Waals surface area contributed by atoms with Crippen molar-refractivity contribution >= 4 is 56.4 Å². The van der Waals surface area contributed by atoms with Gasteiger partial charge in [-0.3, -0.25) is 4.68 Å². The number of nitrogens with zero attached hydrogens (tertiary/aromatic N) is 2. The van der Waals surface area contributed by atoms with Crippen molar-refractivity contribution in [3.05, 3.63) is 86.4 Å². The summed E-state index contributed by atoms with van der Waals surface area (Å²) in [6, 6.07) is 9.39. The van der Waals surface area contributed by atoms with Gasteiger partial charge in [-0.2, -0.15) is 5.10 Å². The molecule has 1 aliphatic rings. The quantitative estimate of drug-likeness (QED) is 0.413. The van der Waals surface area contributed by atoms with Crippen molar-refractivity contribution in [2.24, 2.45) is 0 Å². The average Bonchev–Trinajstić information content (AvgIpc) is 3.22. The number of hydrogen-bond donors (Lipinski definition) is 2. The molecule has 3 aromatic rings. The van der Waals surface area contributed by atoms with Crippen LogP contribution in [-0.4, -0.2) is 30.8 Å². The van der Waals surface area contributed by atoms with Gasteiger partial charge < -0.3 is 5.32 Å². The first-order valence-electron chi connectivity index (χ1n) is 10.6. The Morgan fingerprint density at radius 3 is 2.49 bits per heavy atom. The van der Waals surface area contributed by atoms with Crippen molar-refractivity contribution in [3.63, 3.8) is 0 Å². The highest BCUT2D eigenvalue weighted by molar-refractivity contribution is 7.90. The Bertz CT molecular complexity index is 1410. The Morgan fingerprint density at radius 1 is 1.06 bits per heavy atom. The molecule has 2 amide bonds. The van der Waals surface area contributed by atoms with E-state index in [0.717, 1.165) is 24.0 Å². The predicted octanol–water partition coefficient (Wildman–Crippen LogP) is 5.60.